The molecule has 0 radical (unpaired) electrons. The van der Waals surface area contributed by atoms with Gasteiger partial charge in [-0.2, -0.15) is 0 Å². The van der Waals surface area contributed by atoms with Gasteiger partial charge in [0.1, 0.15) is 12.2 Å². The van der Waals surface area contributed by atoms with Crippen molar-refractivity contribution in [1.29, 1.82) is 0 Å². The van der Waals surface area contributed by atoms with Crippen molar-refractivity contribution in [2.24, 2.45) is 0 Å². The van der Waals surface area contributed by atoms with Crippen LogP contribution in [0.3, 0.4) is 0 Å². The van der Waals surface area contributed by atoms with Gasteiger partial charge in [0.05, 0.1) is 0 Å². The zero-order valence-electron chi connectivity index (χ0n) is 14.3. The van der Waals surface area contributed by atoms with Crippen LogP contribution in [0.2, 0.25) is 0 Å². The van der Waals surface area contributed by atoms with Crippen LogP contribution in [0.5, 0.6) is 0 Å². The molecule has 0 aliphatic rings. The molecule has 4 aromatic carbocycles. The summed E-state index contributed by atoms with van der Waals surface area (Å²) in [6, 6.07) is 31.1. The van der Waals surface area contributed by atoms with Crippen LogP contribution in [0, 0.1) is 0 Å². The van der Waals surface area contributed by atoms with Crippen molar-refractivity contribution in [3.05, 3.63) is 119 Å². The molecule has 26 heavy (non-hydrogen) atoms. The van der Waals surface area contributed by atoms with Crippen LogP contribution in [-0.2, 0) is 0 Å². The topological polar surface area (TPSA) is 40.5 Å². The average molecular weight is 340 g/mol. The van der Waals surface area contributed by atoms with Gasteiger partial charge in [-0.15, -0.1) is 0 Å². The number of aliphatic hydroxyl groups is 2. The summed E-state index contributed by atoms with van der Waals surface area (Å²) in [5.41, 5.74) is 3.08. The highest BCUT2D eigenvalue weighted by molar-refractivity contribution is 5.84. The van der Waals surface area contributed by atoms with Gasteiger partial charge in [0.25, 0.3) is 0 Å². The SMILES string of the molecule is OC(c1ccccc1)c1cc2ccccc2cc1C(O)c1ccccc1. The van der Waals surface area contributed by atoms with Crippen molar-refractivity contribution < 1.29 is 10.2 Å². The lowest BCUT2D eigenvalue weighted by molar-refractivity contribution is 0.197. The van der Waals surface area contributed by atoms with E-state index in [-0.39, 0.29) is 0 Å². The van der Waals surface area contributed by atoms with E-state index in [0.29, 0.717) is 0 Å². The molecule has 0 aromatic heterocycles. The molecule has 0 spiro atoms. The molecule has 2 heteroatoms. The molecule has 0 aliphatic heterocycles. The Morgan fingerprint density at radius 3 is 1.19 bits per heavy atom. The van der Waals surface area contributed by atoms with E-state index in [4.69, 9.17) is 0 Å². The van der Waals surface area contributed by atoms with Crippen LogP contribution >= 0.6 is 0 Å². The van der Waals surface area contributed by atoms with Crippen molar-refractivity contribution in [3.63, 3.8) is 0 Å². The molecule has 0 saturated carbocycles. The van der Waals surface area contributed by atoms with Crippen LogP contribution in [-0.4, -0.2) is 10.2 Å². The zero-order chi connectivity index (χ0) is 17.9. The fourth-order valence-electron chi connectivity index (χ4n) is 3.38. The van der Waals surface area contributed by atoms with Gasteiger partial charge in [-0.25, -0.2) is 0 Å². The molecular formula is C24H20O2. The third kappa shape index (κ3) is 3.13. The standard InChI is InChI=1S/C24H20O2/c25-23(17-9-3-1-4-10-17)21-15-19-13-7-8-14-20(19)16-22(21)24(26)18-11-5-2-6-12-18/h1-16,23-26H. The summed E-state index contributed by atoms with van der Waals surface area (Å²) >= 11 is 0. The molecule has 0 saturated heterocycles. The third-order valence-corrected chi connectivity index (χ3v) is 4.77. The van der Waals surface area contributed by atoms with Crippen molar-refractivity contribution in [2.45, 2.75) is 12.2 Å². The molecule has 0 fully saturated rings. The van der Waals surface area contributed by atoms with Crippen LogP contribution in [0.25, 0.3) is 10.8 Å². The first-order chi connectivity index (χ1) is 12.7. The molecule has 4 rings (SSSR count). The number of hydrogen-bond donors (Lipinski definition) is 2. The number of fused-ring (bicyclic) bond motifs is 1. The van der Waals surface area contributed by atoms with Gasteiger partial charge in [0, 0.05) is 0 Å². The molecular weight excluding hydrogens is 320 g/mol. The fourth-order valence-corrected chi connectivity index (χ4v) is 3.38. The molecule has 0 bridgehead atoms. The first kappa shape index (κ1) is 16.5. The normalized spacial score (nSPS) is 13.5. The largest absolute Gasteiger partial charge is 0.384 e. The first-order valence-electron chi connectivity index (χ1n) is 8.72. The lowest BCUT2D eigenvalue weighted by Gasteiger charge is -2.21. The number of benzene rings is 4. The summed E-state index contributed by atoms with van der Waals surface area (Å²) in [6.07, 6.45) is -1.59. The predicted molar refractivity (Wildman–Crippen MR) is 105 cm³/mol. The van der Waals surface area contributed by atoms with Crippen molar-refractivity contribution >= 4 is 10.8 Å². The van der Waals surface area contributed by atoms with Gasteiger partial charge in [-0.3, -0.25) is 0 Å². The number of hydrogen-bond acceptors (Lipinski definition) is 2. The lowest BCUT2D eigenvalue weighted by Crippen LogP contribution is -2.09. The van der Waals surface area contributed by atoms with E-state index in [1.807, 2.05) is 97.1 Å². The smallest absolute Gasteiger partial charge is 0.104 e. The van der Waals surface area contributed by atoms with Crippen molar-refractivity contribution in [1.82, 2.24) is 0 Å². The van der Waals surface area contributed by atoms with Crippen molar-refractivity contribution in [3.8, 4) is 0 Å². The predicted octanol–water partition coefficient (Wildman–Crippen LogP) is 5.00. The maximum atomic E-state index is 11.0. The average Bonchev–Trinajstić information content (AvgIpc) is 2.73. The molecule has 2 N–H and O–H groups in total. The Hall–Kier alpha value is -2.94. The minimum Gasteiger partial charge on any atom is -0.384 e. The van der Waals surface area contributed by atoms with Gasteiger partial charge < -0.3 is 10.2 Å². The minimum atomic E-state index is -0.797. The van der Waals surface area contributed by atoms with E-state index in [1.165, 1.54) is 0 Å². The lowest BCUT2D eigenvalue weighted by atomic mass is 9.89. The summed E-state index contributed by atoms with van der Waals surface area (Å²) in [4.78, 5) is 0. The van der Waals surface area contributed by atoms with Gasteiger partial charge in [0.2, 0.25) is 0 Å². The molecule has 4 aromatic rings. The quantitative estimate of drug-likeness (QED) is 0.549. The Balaban J connectivity index is 1.89. The van der Waals surface area contributed by atoms with Crippen LogP contribution in [0.4, 0.5) is 0 Å². The Kier molecular flexibility index (Phi) is 4.53. The Bertz CT molecular complexity index is 926. The Morgan fingerprint density at radius 1 is 0.462 bits per heavy atom. The van der Waals surface area contributed by atoms with E-state index in [1.54, 1.807) is 0 Å². The third-order valence-electron chi connectivity index (χ3n) is 4.77. The second-order valence-corrected chi connectivity index (χ2v) is 6.45. The van der Waals surface area contributed by atoms with E-state index in [2.05, 4.69) is 0 Å². The highest BCUT2D eigenvalue weighted by Crippen LogP contribution is 2.34. The summed E-state index contributed by atoms with van der Waals surface area (Å²) in [7, 11) is 0. The van der Waals surface area contributed by atoms with Crippen LogP contribution < -0.4 is 0 Å². The van der Waals surface area contributed by atoms with Gasteiger partial charge in [-0.05, 0) is 45.2 Å². The van der Waals surface area contributed by atoms with Crippen LogP contribution in [0.1, 0.15) is 34.5 Å². The summed E-state index contributed by atoms with van der Waals surface area (Å²) in [5.74, 6) is 0. The van der Waals surface area contributed by atoms with Crippen molar-refractivity contribution in [2.75, 3.05) is 0 Å². The highest BCUT2D eigenvalue weighted by Gasteiger charge is 2.21. The zero-order valence-corrected chi connectivity index (χ0v) is 14.3. The molecule has 0 aliphatic carbocycles. The maximum absolute atomic E-state index is 11.0. The Labute approximate surface area is 153 Å². The Morgan fingerprint density at radius 2 is 0.808 bits per heavy atom. The molecule has 128 valence electrons. The van der Waals surface area contributed by atoms with Gasteiger partial charge in [0.15, 0.2) is 0 Å². The molecule has 2 unspecified atom stereocenters. The van der Waals surface area contributed by atoms with Crippen LogP contribution in [0.15, 0.2) is 97.1 Å². The molecule has 2 nitrogen and oxygen atoms in total. The second kappa shape index (κ2) is 7.12. The number of aliphatic hydroxyl groups excluding tert-OH is 2. The molecule has 2 atom stereocenters. The molecule has 0 heterocycles. The van der Waals surface area contributed by atoms with Gasteiger partial charge >= 0.3 is 0 Å². The van der Waals surface area contributed by atoms with E-state index in [9.17, 15) is 10.2 Å². The van der Waals surface area contributed by atoms with E-state index >= 15 is 0 Å². The summed E-state index contributed by atoms with van der Waals surface area (Å²) in [5, 5.41) is 24.1. The maximum Gasteiger partial charge on any atom is 0.104 e. The van der Waals surface area contributed by atoms with Gasteiger partial charge in [-0.1, -0.05) is 84.9 Å². The summed E-state index contributed by atoms with van der Waals surface area (Å²) in [6.45, 7) is 0. The number of rotatable bonds is 4. The second-order valence-electron chi connectivity index (χ2n) is 6.45. The highest BCUT2D eigenvalue weighted by atomic mass is 16.3. The summed E-state index contributed by atoms with van der Waals surface area (Å²) < 4.78 is 0. The van der Waals surface area contributed by atoms with E-state index < -0.39 is 12.2 Å². The monoisotopic (exact) mass is 340 g/mol. The first-order valence-corrected chi connectivity index (χ1v) is 8.72. The fraction of sp³-hybridized carbons (Fsp3) is 0.0833. The molecule has 0 amide bonds. The van der Waals surface area contributed by atoms with E-state index in [0.717, 1.165) is 33.0 Å². The minimum absolute atomic E-state index is 0.728.